The van der Waals surface area contributed by atoms with Gasteiger partial charge >= 0.3 is 6.03 Å². The third-order valence-corrected chi connectivity index (χ3v) is 4.15. The van der Waals surface area contributed by atoms with Crippen molar-refractivity contribution in [2.75, 3.05) is 53.1 Å². The van der Waals surface area contributed by atoms with Gasteiger partial charge in [-0.05, 0) is 32.0 Å². The molecule has 0 saturated carbocycles. The van der Waals surface area contributed by atoms with Crippen LogP contribution in [0.5, 0.6) is 0 Å². The van der Waals surface area contributed by atoms with Crippen molar-refractivity contribution in [3.8, 4) is 0 Å². The van der Waals surface area contributed by atoms with Gasteiger partial charge in [-0.3, -0.25) is 14.4 Å². The van der Waals surface area contributed by atoms with E-state index in [2.05, 4.69) is 26.6 Å². The Hall–Kier alpha value is -2.51. The van der Waals surface area contributed by atoms with Gasteiger partial charge in [-0.1, -0.05) is 0 Å². The van der Waals surface area contributed by atoms with Gasteiger partial charge in [-0.2, -0.15) is 0 Å². The Morgan fingerprint density at radius 3 is 2.23 bits per heavy atom. The number of carbonyl (C=O) groups is 4. The van der Waals surface area contributed by atoms with Crippen molar-refractivity contribution in [2.45, 2.75) is 32.2 Å². The minimum Gasteiger partial charge on any atom is -0.379 e. The van der Waals surface area contributed by atoms with E-state index in [-0.39, 0.29) is 29.3 Å². The second-order valence-corrected chi connectivity index (χ2v) is 6.83. The van der Waals surface area contributed by atoms with Crippen LogP contribution < -0.4 is 32.3 Å². The molecule has 7 N–H and O–H groups in total. The second kappa shape index (κ2) is 18.3. The summed E-state index contributed by atoms with van der Waals surface area (Å²) < 4.78 is 10.6. The number of urea groups is 1. The number of ether oxygens (including phenoxy) is 2. The number of rotatable bonds is 17. The first-order chi connectivity index (χ1) is 14.8. The van der Waals surface area contributed by atoms with Crippen LogP contribution in [0.15, 0.2) is 0 Å². The summed E-state index contributed by atoms with van der Waals surface area (Å²) in [6.07, 6.45) is 1.20. The minimum absolute atomic E-state index is 0.0749. The van der Waals surface area contributed by atoms with Crippen LogP contribution in [0.3, 0.4) is 0 Å². The number of nitrogens with one attached hydrogen (secondary N) is 5. The largest absolute Gasteiger partial charge is 0.379 e. The van der Waals surface area contributed by atoms with Crippen molar-refractivity contribution in [1.29, 1.82) is 0 Å². The highest BCUT2D eigenvalue weighted by Gasteiger charge is 2.16. The van der Waals surface area contributed by atoms with Gasteiger partial charge in [0.05, 0.1) is 39.0 Å². The molecule has 178 valence electrons. The van der Waals surface area contributed by atoms with Crippen molar-refractivity contribution in [2.24, 2.45) is 5.73 Å². The molecule has 0 aliphatic rings. The number of primary amides is 1. The Morgan fingerprint density at radius 1 is 0.935 bits per heavy atom. The van der Waals surface area contributed by atoms with Crippen LogP contribution in [0.2, 0.25) is 0 Å². The summed E-state index contributed by atoms with van der Waals surface area (Å²) in [6, 6.07) is -1.28. The number of nitrogens with two attached hydrogens (primary N) is 1. The van der Waals surface area contributed by atoms with Crippen LogP contribution >= 0.6 is 12.2 Å². The third-order valence-electron chi connectivity index (χ3n) is 3.86. The standard InChI is InChI=1S/C18H34N6O6S/c1-13(25)14(4-3-6-21-17(19)28)24-16(27)12-23-18(31)22-7-9-30-11-10-29-8-5-15(26)20-2/h14H,3-12H2,1-2H3,(H,20,26)(H,24,27)(H3,19,21,28)(H2,22,23,31). The Kier molecular flexibility index (Phi) is 16.8. The molecule has 0 aromatic carbocycles. The maximum absolute atomic E-state index is 12.0. The molecule has 1 unspecified atom stereocenters. The van der Waals surface area contributed by atoms with Crippen LogP contribution in [0.4, 0.5) is 4.79 Å². The summed E-state index contributed by atoms with van der Waals surface area (Å²) in [5.41, 5.74) is 4.97. The van der Waals surface area contributed by atoms with Crippen LogP contribution in [0, 0.1) is 0 Å². The van der Waals surface area contributed by atoms with Gasteiger partial charge in [-0.15, -0.1) is 0 Å². The highest BCUT2D eigenvalue weighted by molar-refractivity contribution is 7.80. The lowest BCUT2D eigenvalue weighted by atomic mass is 10.1. The predicted molar refractivity (Wildman–Crippen MR) is 118 cm³/mol. The fraction of sp³-hybridized carbons (Fsp3) is 0.722. The highest BCUT2D eigenvalue weighted by Crippen LogP contribution is 1.98. The van der Waals surface area contributed by atoms with E-state index >= 15 is 0 Å². The molecule has 1 atom stereocenters. The zero-order valence-electron chi connectivity index (χ0n) is 18.1. The van der Waals surface area contributed by atoms with Crippen LogP contribution in [-0.2, 0) is 23.9 Å². The van der Waals surface area contributed by atoms with Crippen LogP contribution in [-0.4, -0.2) is 87.9 Å². The molecule has 0 saturated heterocycles. The van der Waals surface area contributed by atoms with E-state index in [1.807, 2.05) is 0 Å². The lowest BCUT2D eigenvalue weighted by Gasteiger charge is -2.17. The predicted octanol–water partition coefficient (Wildman–Crippen LogP) is -1.86. The van der Waals surface area contributed by atoms with Crippen molar-refractivity contribution in [3.63, 3.8) is 0 Å². The average Bonchev–Trinajstić information content (AvgIpc) is 2.72. The fourth-order valence-corrected chi connectivity index (χ4v) is 2.39. The summed E-state index contributed by atoms with van der Waals surface area (Å²) in [7, 11) is 1.57. The smallest absolute Gasteiger partial charge is 0.312 e. The van der Waals surface area contributed by atoms with Gasteiger partial charge in [0, 0.05) is 26.6 Å². The third kappa shape index (κ3) is 18.0. The second-order valence-electron chi connectivity index (χ2n) is 6.42. The number of hydrogen-bond donors (Lipinski definition) is 6. The molecule has 0 aromatic rings. The van der Waals surface area contributed by atoms with Crippen LogP contribution in [0.25, 0.3) is 0 Å². The van der Waals surface area contributed by atoms with E-state index in [0.717, 1.165) is 0 Å². The quantitative estimate of drug-likeness (QED) is 0.107. The summed E-state index contributed by atoms with van der Waals surface area (Å²) >= 11 is 5.08. The molecule has 0 aliphatic carbocycles. The molecule has 0 radical (unpaired) electrons. The van der Waals surface area contributed by atoms with Gasteiger partial charge < -0.3 is 41.8 Å². The van der Waals surface area contributed by atoms with E-state index < -0.39 is 12.1 Å². The summed E-state index contributed by atoms with van der Waals surface area (Å²) in [5, 5.41) is 13.5. The van der Waals surface area contributed by atoms with Gasteiger partial charge in [0.1, 0.15) is 0 Å². The molecule has 0 fully saturated rings. The summed E-state index contributed by atoms with van der Waals surface area (Å²) in [5.74, 6) is -0.630. The average molecular weight is 463 g/mol. The first kappa shape index (κ1) is 28.5. The lowest BCUT2D eigenvalue weighted by Crippen LogP contribution is -2.47. The zero-order valence-corrected chi connectivity index (χ0v) is 18.9. The molecule has 0 aliphatic heterocycles. The number of hydrogen-bond acceptors (Lipinski definition) is 7. The van der Waals surface area contributed by atoms with E-state index in [0.29, 0.717) is 58.8 Å². The van der Waals surface area contributed by atoms with Crippen molar-refractivity contribution >= 4 is 41.0 Å². The lowest BCUT2D eigenvalue weighted by molar-refractivity contribution is -0.126. The molecular formula is C18H34N6O6S. The summed E-state index contributed by atoms with van der Waals surface area (Å²) in [4.78, 5) is 45.3. The Morgan fingerprint density at radius 2 is 1.61 bits per heavy atom. The molecule has 0 bridgehead atoms. The molecule has 0 aromatic heterocycles. The number of carbonyl (C=O) groups excluding carboxylic acids is 4. The van der Waals surface area contributed by atoms with Gasteiger partial charge in [0.15, 0.2) is 10.9 Å². The number of amides is 4. The minimum atomic E-state index is -0.641. The van der Waals surface area contributed by atoms with E-state index in [4.69, 9.17) is 27.4 Å². The first-order valence-electron chi connectivity index (χ1n) is 9.97. The van der Waals surface area contributed by atoms with Crippen molar-refractivity contribution in [1.82, 2.24) is 26.6 Å². The topological polar surface area (TPSA) is 173 Å². The van der Waals surface area contributed by atoms with Gasteiger partial charge in [-0.25, -0.2) is 4.79 Å². The normalized spacial score (nSPS) is 11.2. The molecular weight excluding hydrogens is 428 g/mol. The van der Waals surface area contributed by atoms with Gasteiger partial charge in [0.2, 0.25) is 11.8 Å². The SMILES string of the molecule is CNC(=O)CCOCCOCCNC(=S)NCC(=O)NC(CCCNC(N)=O)C(C)=O. The molecule has 4 amide bonds. The Labute approximate surface area is 187 Å². The number of Topliss-reactive ketones (excluding diaryl/α,β-unsaturated/α-hetero) is 1. The Balaban J connectivity index is 3.78. The molecule has 31 heavy (non-hydrogen) atoms. The molecule has 0 rings (SSSR count). The maximum Gasteiger partial charge on any atom is 0.312 e. The monoisotopic (exact) mass is 462 g/mol. The molecule has 0 heterocycles. The van der Waals surface area contributed by atoms with Crippen molar-refractivity contribution < 1.29 is 28.7 Å². The molecule has 13 heteroatoms. The fourth-order valence-electron chi connectivity index (χ4n) is 2.21. The number of thiocarbonyl (C=S) groups is 1. The molecule has 12 nitrogen and oxygen atoms in total. The van der Waals surface area contributed by atoms with Gasteiger partial charge in [0.25, 0.3) is 0 Å². The molecule has 0 spiro atoms. The zero-order chi connectivity index (χ0) is 23.5. The van der Waals surface area contributed by atoms with E-state index in [1.54, 1.807) is 7.05 Å². The summed E-state index contributed by atoms with van der Waals surface area (Å²) in [6.45, 7) is 3.56. The van der Waals surface area contributed by atoms with Crippen LogP contribution in [0.1, 0.15) is 26.2 Å². The van der Waals surface area contributed by atoms with E-state index in [9.17, 15) is 19.2 Å². The first-order valence-corrected chi connectivity index (χ1v) is 10.4. The van der Waals surface area contributed by atoms with Crippen molar-refractivity contribution in [3.05, 3.63) is 0 Å². The number of ketones is 1. The maximum atomic E-state index is 12.0. The Bertz CT molecular complexity index is 592. The van der Waals surface area contributed by atoms with E-state index in [1.165, 1.54) is 6.92 Å². The highest BCUT2D eigenvalue weighted by atomic mass is 32.1.